The second-order valence-electron chi connectivity index (χ2n) is 6.26. The molecule has 1 unspecified atom stereocenters. The van der Waals surface area contributed by atoms with Gasteiger partial charge >= 0.3 is 5.63 Å². The van der Waals surface area contributed by atoms with Crippen molar-refractivity contribution in [1.82, 2.24) is 9.72 Å². The van der Waals surface area contributed by atoms with Crippen LogP contribution in [0.5, 0.6) is 0 Å². The Hall–Kier alpha value is -3.47. The summed E-state index contributed by atoms with van der Waals surface area (Å²) in [6.45, 7) is 1.97. The highest BCUT2D eigenvalue weighted by atomic mass is 19.1. The van der Waals surface area contributed by atoms with Gasteiger partial charge in [-0.2, -0.15) is 4.74 Å². The Morgan fingerprint density at radius 2 is 1.59 bits per heavy atom. The van der Waals surface area contributed by atoms with E-state index in [0.717, 1.165) is 11.1 Å². The van der Waals surface area contributed by atoms with E-state index in [4.69, 9.17) is 4.52 Å². The highest BCUT2D eigenvalue weighted by Gasteiger charge is 2.24. The quantitative estimate of drug-likeness (QED) is 0.519. The molecule has 0 saturated heterocycles. The molecule has 1 atom stereocenters. The predicted molar refractivity (Wildman–Crippen MR) is 102 cm³/mol. The lowest BCUT2D eigenvalue weighted by Crippen LogP contribution is -2.07. The number of nitrogens with zero attached hydrogens (tertiary/aromatic N) is 2. The molecule has 4 rings (SSSR count). The van der Waals surface area contributed by atoms with Gasteiger partial charge in [-0.15, -0.1) is 0 Å². The van der Waals surface area contributed by atoms with E-state index in [9.17, 15) is 9.18 Å². The van der Waals surface area contributed by atoms with Gasteiger partial charge in [0.15, 0.2) is 0 Å². The third-order valence-corrected chi connectivity index (χ3v) is 4.56. The monoisotopic (exact) mass is 360 g/mol. The molecule has 0 saturated carbocycles. The Labute approximate surface area is 155 Å². The van der Waals surface area contributed by atoms with Crippen LogP contribution in [0.1, 0.15) is 18.5 Å². The summed E-state index contributed by atoms with van der Waals surface area (Å²) in [7, 11) is 0. The lowest BCUT2D eigenvalue weighted by atomic mass is 10.0. The van der Waals surface area contributed by atoms with Crippen LogP contribution in [-0.4, -0.2) is 9.72 Å². The van der Waals surface area contributed by atoms with Crippen LogP contribution in [0.3, 0.4) is 0 Å². The Morgan fingerprint density at radius 3 is 2.26 bits per heavy atom. The fourth-order valence-corrected chi connectivity index (χ4v) is 3.18. The van der Waals surface area contributed by atoms with E-state index in [2.05, 4.69) is 4.98 Å². The molecule has 2 heterocycles. The molecule has 0 bridgehead atoms. The van der Waals surface area contributed by atoms with Gasteiger partial charge in [0.05, 0.1) is 17.3 Å². The summed E-state index contributed by atoms with van der Waals surface area (Å²) >= 11 is 0. The minimum Gasteiger partial charge on any atom is -0.335 e. The molecule has 0 fully saturated rings. The van der Waals surface area contributed by atoms with Crippen molar-refractivity contribution < 1.29 is 8.91 Å². The first-order chi connectivity index (χ1) is 13.1. The van der Waals surface area contributed by atoms with Gasteiger partial charge in [-0.3, -0.25) is 4.98 Å². The summed E-state index contributed by atoms with van der Waals surface area (Å²) in [6.07, 6.45) is 3.33. The van der Waals surface area contributed by atoms with Crippen LogP contribution in [0.25, 0.3) is 22.4 Å². The Kier molecular flexibility index (Phi) is 4.42. The van der Waals surface area contributed by atoms with Gasteiger partial charge in [0.1, 0.15) is 5.82 Å². The van der Waals surface area contributed by atoms with E-state index in [1.54, 1.807) is 29.3 Å². The van der Waals surface area contributed by atoms with Crippen molar-refractivity contribution in [3.8, 4) is 22.4 Å². The molecule has 4 nitrogen and oxygen atoms in total. The van der Waals surface area contributed by atoms with E-state index in [0.29, 0.717) is 16.8 Å². The van der Waals surface area contributed by atoms with E-state index >= 15 is 0 Å². The van der Waals surface area contributed by atoms with Gasteiger partial charge in [-0.1, -0.05) is 42.5 Å². The van der Waals surface area contributed by atoms with Gasteiger partial charge in [0.2, 0.25) is 0 Å². The summed E-state index contributed by atoms with van der Waals surface area (Å²) in [6, 6.07) is 19.1. The minimum atomic E-state index is -0.462. The number of benzene rings is 2. The molecule has 0 amide bonds. The number of pyridine rings is 1. The lowest BCUT2D eigenvalue weighted by molar-refractivity contribution is 0.238. The lowest BCUT2D eigenvalue weighted by Gasteiger charge is -2.16. The first kappa shape index (κ1) is 17.0. The van der Waals surface area contributed by atoms with Crippen LogP contribution >= 0.6 is 0 Å². The van der Waals surface area contributed by atoms with Crippen LogP contribution < -0.4 is 5.63 Å². The smallest absolute Gasteiger partial charge is 0.335 e. The van der Waals surface area contributed by atoms with E-state index in [1.165, 1.54) is 12.1 Å². The zero-order valence-electron chi connectivity index (χ0n) is 14.7. The molecule has 27 heavy (non-hydrogen) atoms. The summed E-state index contributed by atoms with van der Waals surface area (Å²) in [5.41, 5.74) is 3.01. The summed E-state index contributed by atoms with van der Waals surface area (Å²) in [5.74, 6) is -0.356. The molecule has 2 aromatic carbocycles. The molecule has 0 aliphatic carbocycles. The average Bonchev–Trinajstić information content (AvgIpc) is 3.06. The van der Waals surface area contributed by atoms with Crippen molar-refractivity contribution in [2.24, 2.45) is 0 Å². The number of halogens is 1. The standard InChI is InChI=1S/C22H17FN2O2/c1-15(16-5-3-2-4-6-16)25-21(18-11-13-24-14-12-18)20(22(26)27-25)17-7-9-19(23)10-8-17/h2-15H,1H3. The zero-order valence-corrected chi connectivity index (χ0v) is 14.7. The first-order valence-electron chi connectivity index (χ1n) is 8.62. The normalized spacial score (nSPS) is 12.1. The van der Waals surface area contributed by atoms with Crippen LogP contribution in [-0.2, 0) is 0 Å². The first-order valence-corrected chi connectivity index (χ1v) is 8.62. The van der Waals surface area contributed by atoms with Crippen LogP contribution in [0.15, 0.2) is 88.4 Å². The SMILES string of the molecule is CC(c1ccccc1)n1oc(=O)c(-c2ccc(F)cc2)c1-c1ccncc1. The zero-order chi connectivity index (χ0) is 18.8. The van der Waals surface area contributed by atoms with Gasteiger partial charge in [0, 0.05) is 18.0 Å². The molecule has 0 spiro atoms. The Balaban J connectivity index is 1.96. The molecule has 0 aliphatic rings. The van der Waals surface area contributed by atoms with Gasteiger partial charge in [-0.25, -0.2) is 9.18 Å². The molecular formula is C22H17FN2O2. The summed E-state index contributed by atoms with van der Waals surface area (Å²) in [4.78, 5) is 16.8. The fraction of sp³-hybridized carbons (Fsp3) is 0.0909. The maximum absolute atomic E-state index is 13.4. The molecule has 134 valence electrons. The molecule has 4 aromatic rings. The molecule has 2 aromatic heterocycles. The number of hydrogen-bond acceptors (Lipinski definition) is 3. The maximum atomic E-state index is 13.4. The molecule has 0 radical (unpaired) electrons. The summed E-state index contributed by atoms with van der Waals surface area (Å²) in [5, 5.41) is 0. The molecule has 5 heteroatoms. The van der Waals surface area contributed by atoms with Crippen molar-refractivity contribution in [3.05, 3.63) is 101 Å². The Bertz CT molecular complexity index is 1100. The minimum absolute atomic E-state index is 0.198. The van der Waals surface area contributed by atoms with E-state index in [-0.39, 0.29) is 11.9 Å². The topological polar surface area (TPSA) is 48.0 Å². The predicted octanol–water partition coefficient (Wildman–Crippen LogP) is 4.92. The third-order valence-electron chi connectivity index (χ3n) is 4.56. The molecular weight excluding hydrogens is 343 g/mol. The number of hydrogen-bond donors (Lipinski definition) is 0. The average molecular weight is 360 g/mol. The molecule has 0 aliphatic heterocycles. The molecule has 0 N–H and O–H groups in total. The van der Waals surface area contributed by atoms with E-state index < -0.39 is 5.63 Å². The summed E-state index contributed by atoms with van der Waals surface area (Å²) < 4.78 is 20.6. The fourth-order valence-electron chi connectivity index (χ4n) is 3.18. The van der Waals surface area contributed by atoms with E-state index in [1.807, 2.05) is 49.4 Å². The number of rotatable bonds is 4. The van der Waals surface area contributed by atoms with Crippen molar-refractivity contribution in [1.29, 1.82) is 0 Å². The second-order valence-corrected chi connectivity index (χ2v) is 6.26. The second kappa shape index (κ2) is 7.03. The maximum Gasteiger partial charge on any atom is 0.365 e. The third kappa shape index (κ3) is 3.19. The Morgan fingerprint density at radius 1 is 0.926 bits per heavy atom. The van der Waals surface area contributed by atoms with Crippen molar-refractivity contribution >= 4 is 0 Å². The largest absolute Gasteiger partial charge is 0.365 e. The van der Waals surface area contributed by atoms with Crippen molar-refractivity contribution in [2.45, 2.75) is 13.0 Å². The van der Waals surface area contributed by atoms with Crippen LogP contribution in [0.2, 0.25) is 0 Å². The van der Waals surface area contributed by atoms with Gasteiger partial charge in [-0.05, 0) is 42.3 Å². The number of aromatic nitrogens is 2. The van der Waals surface area contributed by atoms with Crippen molar-refractivity contribution in [2.75, 3.05) is 0 Å². The van der Waals surface area contributed by atoms with Crippen molar-refractivity contribution in [3.63, 3.8) is 0 Å². The van der Waals surface area contributed by atoms with Crippen LogP contribution in [0, 0.1) is 5.82 Å². The van der Waals surface area contributed by atoms with Crippen LogP contribution in [0.4, 0.5) is 4.39 Å². The van der Waals surface area contributed by atoms with Gasteiger partial charge < -0.3 is 4.52 Å². The highest BCUT2D eigenvalue weighted by Crippen LogP contribution is 2.33. The van der Waals surface area contributed by atoms with Gasteiger partial charge in [0.25, 0.3) is 0 Å². The highest BCUT2D eigenvalue weighted by molar-refractivity contribution is 5.80.